The van der Waals surface area contributed by atoms with Gasteiger partial charge in [0, 0.05) is 25.7 Å². The van der Waals surface area contributed by atoms with Crippen LogP contribution in [-0.4, -0.2) is 58.4 Å². The summed E-state index contributed by atoms with van der Waals surface area (Å²) >= 11 is 0. The van der Waals surface area contributed by atoms with Crippen molar-refractivity contribution in [1.82, 2.24) is 19.5 Å². The lowest BCUT2D eigenvalue weighted by atomic mass is 10.1. The van der Waals surface area contributed by atoms with Gasteiger partial charge in [-0.3, -0.25) is 0 Å². The molecular weight excluding hydrogens is 370 g/mol. The number of nitrogens with zero attached hydrogens (tertiary/aromatic N) is 4. The van der Waals surface area contributed by atoms with Crippen LogP contribution in [0.3, 0.4) is 0 Å². The zero-order chi connectivity index (χ0) is 21.0. The van der Waals surface area contributed by atoms with Gasteiger partial charge in [0.15, 0.2) is 5.65 Å². The molecule has 0 saturated carbocycles. The van der Waals surface area contributed by atoms with Crippen molar-refractivity contribution in [2.75, 3.05) is 32.6 Å². The van der Waals surface area contributed by atoms with Gasteiger partial charge < -0.3 is 19.7 Å². The smallest absolute Gasteiger partial charge is 0.410 e. The van der Waals surface area contributed by atoms with E-state index in [1.165, 1.54) is 4.90 Å². The first-order valence-electron chi connectivity index (χ1n) is 9.44. The van der Waals surface area contributed by atoms with Crippen LogP contribution >= 0.6 is 0 Å². The number of carbonyl (C=O) groups excluding carboxylic acids is 1. The number of methoxy groups -OCH3 is 1. The maximum atomic E-state index is 12.0. The third kappa shape index (κ3) is 5.16. The van der Waals surface area contributed by atoms with E-state index in [1.807, 2.05) is 57.2 Å². The molecule has 0 fully saturated rings. The van der Waals surface area contributed by atoms with Gasteiger partial charge >= 0.3 is 6.09 Å². The summed E-state index contributed by atoms with van der Waals surface area (Å²) in [6.07, 6.45) is 1.44. The van der Waals surface area contributed by atoms with Gasteiger partial charge in [0.2, 0.25) is 0 Å². The van der Waals surface area contributed by atoms with E-state index in [0.717, 1.165) is 22.7 Å². The van der Waals surface area contributed by atoms with Crippen molar-refractivity contribution < 1.29 is 14.3 Å². The fraction of sp³-hybridized carbons (Fsp3) is 0.381. The summed E-state index contributed by atoms with van der Waals surface area (Å²) in [7, 11) is 3.35. The zero-order valence-corrected chi connectivity index (χ0v) is 17.5. The van der Waals surface area contributed by atoms with E-state index in [-0.39, 0.29) is 6.09 Å². The summed E-state index contributed by atoms with van der Waals surface area (Å²) in [5, 5.41) is 7.88. The predicted octanol–water partition coefficient (Wildman–Crippen LogP) is 3.68. The highest BCUT2D eigenvalue weighted by molar-refractivity contribution is 5.68. The molecule has 0 atom stereocenters. The average molecular weight is 397 g/mol. The standard InChI is InChI=1S/C21H27N5O3/c1-21(2,3)29-20(27)25(4)12-11-22-18-9-10-19-23-14-17(26(19)24-18)15-7-6-8-16(13-15)28-5/h6-10,13-14H,11-12H2,1-5H3,(H,22,24). The quantitative estimate of drug-likeness (QED) is 0.683. The number of ether oxygens (including phenoxy) is 2. The molecule has 0 bridgehead atoms. The number of carbonyl (C=O) groups is 1. The lowest BCUT2D eigenvalue weighted by Crippen LogP contribution is -2.36. The van der Waals surface area contributed by atoms with Gasteiger partial charge in [0.05, 0.1) is 19.0 Å². The largest absolute Gasteiger partial charge is 0.497 e. The topological polar surface area (TPSA) is 81.0 Å². The second-order valence-corrected chi connectivity index (χ2v) is 7.69. The number of aromatic nitrogens is 3. The lowest BCUT2D eigenvalue weighted by molar-refractivity contribution is 0.0305. The van der Waals surface area contributed by atoms with Crippen LogP contribution in [0.25, 0.3) is 16.9 Å². The van der Waals surface area contributed by atoms with Crippen LogP contribution in [0.2, 0.25) is 0 Å². The maximum Gasteiger partial charge on any atom is 0.410 e. The minimum absolute atomic E-state index is 0.349. The first kappa shape index (κ1) is 20.4. The minimum atomic E-state index is -0.511. The van der Waals surface area contributed by atoms with E-state index < -0.39 is 5.60 Å². The van der Waals surface area contributed by atoms with Crippen LogP contribution in [0, 0.1) is 0 Å². The molecule has 0 saturated heterocycles. The Balaban J connectivity index is 1.69. The second kappa shape index (κ2) is 8.38. The molecule has 0 aliphatic rings. The van der Waals surface area contributed by atoms with E-state index in [2.05, 4.69) is 15.4 Å². The fourth-order valence-electron chi connectivity index (χ4n) is 2.73. The highest BCUT2D eigenvalue weighted by Gasteiger charge is 2.19. The number of likely N-dealkylation sites (N-methyl/N-ethyl adjacent to an activating group) is 1. The molecule has 29 heavy (non-hydrogen) atoms. The number of imidazole rings is 1. The van der Waals surface area contributed by atoms with Crippen LogP contribution in [0.5, 0.6) is 5.75 Å². The molecule has 8 heteroatoms. The van der Waals surface area contributed by atoms with E-state index in [0.29, 0.717) is 18.9 Å². The Morgan fingerprint density at radius 2 is 2.03 bits per heavy atom. The molecule has 3 rings (SSSR count). The fourth-order valence-corrected chi connectivity index (χ4v) is 2.73. The average Bonchev–Trinajstić information content (AvgIpc) is 3.10. The summed E-state index contributed by atoms with van der Waals surface area (Å²) in [6, 6.07) is 11.5. The van der Waals surface area contributed by atoms with Gasteiger partial charge in [-0.25, -0.2) is 14.3 Å². The van der Waals surface area contributed by atoms with E-state index in [4.69, 9.17) is 9.47 Å². The number of amides is 1. The van der Waals surface area contributed by atoms with Crippen LogP contribution in [0.1, 0.15) is 20.8 Å². The van der Waals surface area contributed by atoms with Crippen LogP contribution in [0.15, 0.2) is 42.6 Å². The Morgan fingerprint density at radius 1 is 1.24 bits per heavy atom. The number of fused-ring (bicyclic) bond motifs is 1. The SMILES string of the molecule is COc1cccc(-c2cnc3ccc(NCCN(C)C(=O)OC(C)(C)C)nn23)c1. The lowest BCUT2D eigenvalue weighted by Gasteiger charge is -2.24. The molecule has 1 amide bonds. The molecule has 0 spiro atoms. The number of rotatable bonds is 6. The highest BCUT2D eigenvalue weighted by Crippen LogP contribution is 2.24. The molecule has 0 aliphatic heterocycles. The molecular formula is C21H27N5O3. The van der Waals surface area contributed by atoms with Crippen molar-refractivity contribution >= 4 is 17.6 Å². The number of benzene rings is 1. The highest BCUT2D eigenvalue weighted by atomic mass is 16.6. The molecule has 2 heterocycles. The van der Waals surface area contributed by atoms with Gasteiger partial charge in [0.25, 0.3) is 0 Å². The van der Waals surface area contributed by atoms with Gasteiger partial charge in [-0.05, 0) is 45.0 Å². The Hall–Kier alpha value is -3.29. The first-order chi connectivity index (χ1) is 13.8. The van der Waals surface area contributed by atoms with Crippen molar-refractivity contribution in [3.63, 3.8) is 0 Å². The molecule has 1 N–H and O–H groups in total. The summed E-state index contributed by atoms with van der Waals surface area (Å²) in [6.45, 7) is 6.57. The minimum Gasteiger partial charge on any atom is -0.497 e. The summed E-state index contributed by atoms with van der Waals surface area (Å²) in [4.78, 5) is 18.0. The molecule has 0 unspecified atom stereocenters. The molecule has 0 radical (unpaired) electrons. The molecule has 2 aromatic heterocycles. The third-order valence-electron chi connectivity index (χ3n) is 4.19. The van der Waals surface area contributed by atoms with Crippen molar-refractivity contribution in [3.8, 4) is 17.0 Å². The van der Waals surface area contributed by atoms with Crippen molar-refractivity contribution in [3.05, 3.63) is 42.6 Å². The normalized spacial score (nSPS) is 11.3. The Kier molecular flexibility index (Phi) is 5.91. The number of hydrogen-bond donors (Lipinski definition) is 1. The van der Waals surface area contributed by atoms with Gasteiger partial charge in [0.1, 0.15) is 17.2 Å². The number of hydrogen-bond acceptors (Lipinski definition) is 6. The van der Waals surface area contributed by atoms with Crippen LogP contribution in [-0.2, 0) is 4.74 Å². The molecule has 154 valence electrons. The molecule has 3 aromatic rings. The predicted molar refractivity (Wildman–Crippen MR) is 112 cm³/mol. The summed E-state index contributed by atoms with van der Waals surface area (Å²) in [5.74, 6) is 1.47. The summed E-state index contributed by atoms with van der Waals surface area (Å²) < 4.78 is 12.4. The first-order valence-corrected chi connectivity index (χ1v) is 9.44. The Bertz CT molecular complexity index is 993. The Labute approximate surface area is 170 Å². The van der Waals surface area contributed by atoms with E-state index >= 15 is 0 Å². The molecule has 8 nitrogen and oxygen atoms in total. The van der Waals surface area contributed by atoms with Crippen molar-refractivity contribution in [1.29, 1.82) is 0 Å². The second-order valence-electron chi connectivity index (χ2n) is 7.69. The van der Waals surface area contributed by atoms with Gasteiger partial charge in [-0.2, -0.15) is 0 Å². The zero-order valence-electron chi connectivity index (χ0n) is 17.5. The number of nitrogens with one attached hydrogen (secondary N) is 1. The van der Waals surface area contributed by atoms with E-state index in [9.17, 15) is 4.79 Å². The van der Waals surface area contributed by atoms with Gasteiger partial charge in [-0.1, -0.05) is 12.1 Å². The monoisotopic (exact) mass is 397 g/mol. The number of anilines is 1. The molecule has 0 aliphatic carbocycles. The van der Waals surface area contributed by atoms with Gasteiger partial charge in [-0.15, -0.1) is 5.10 Å². The van der Waals surface area contributed by atoms with Crippen molar-refractivity contribution in [2.24, 2.45) is 0 Å². The van der Waals surface area contributed by atoms with E-state index in [1.54, 1.807) is 24.9 Å². The third-order valence-corrected chi connectivity index (χ3v) is 4.19. The maximum absolute atomic E-state index is 12.0. The van der Waals surface area contributed by atoms with Crippen LogP contribution < -0.4 is 10.1 Å². The summed E-state index contributed by atoms with van der Waals surface area (Å²) in [5.41, 5.74) is 2.07. The molecule has 1 aromatic carbocycles. The Morgan fingerprint density at radius 3 is 2.76 bits per heavy atom. The van der Waals surface area contributed by atoms with Crippen molar-refractivity contribution in [2.45, 2.75) is 26.4 Å². The van der Waals surface area contributed by atoms with Crippen LogP contribution in [0.4, 0.5) is 10.6 Å².